The monoisotopic (exact) mass is 261 g/mol. The van der Waals surface area contributed by atoms with Gasteiger partial charge in [-0.15, -0.1) is 0 Å². The summed E-state index contributed by atoms with van der Waals surface area (Å²) < 4.78 is 0. The maximum absolute atomic E-state index is 5.71. The van der Waals surface area contributed by atoms with Crippen LogP contribution in [0.25, 0.3) is 0 Å². The van der Waals surface area contributed by atoms with Gasteiger partial charge in [0.15, 0.2) is 0 Å². The molecule has 1 aromatic heterocycles. The summed E-state index contributed by atoms with van der Waals surface area (Å²) in [5.41, 5.74) is 6.63. The van der Waals surface area contributed by atoms with E-state index < -0.39 is 0 Å². The first-order valence-corrected chi connectivity index (χ1v) is 7.21. The first kappa shape index (κ1) is 12.7. The molecule has 2 unspecified atom stereocenters. The average molecular weight is 261 g/mol. The quantitative estimate of drug-likeness (QED) is 0.849. The molecule has 0 saturated carbocycles. The number of hydrogen-bond donors (Lipinski definition) is 2. The normalized spacial score (nSPS) is 31.2. The van der Waals surface area contributed by atoms with Gasteiger partial charge in [-0.3, -0.25) is 0 Å². The summed E-state index contributed by atoms with van der Waals surface area (Å²) in [5.74, 6) is 1.23. The standard InChI is InChI=1S/C14H23N5/c1-9-6-13(18-14(15)16-9)17-10-7-11-4-3-5-12(8-10)19(11)2/h6,10-12H,3-5,7-8H2,1-2H3,(H3,15,16,17,18). The van der Waals surface area contributed by atoms with Crippen LogP contribution in [0.2, 0.25) is 0 Å². The number of anilines is 2. The lowest BCUT2D eigenvalue weighted by atomic mass is 9.82. The van der Waals surface area contributed by atoms with E-state index in [9.17, 15) is 0 Å². The van der Waals surface area contributed by atoms with Crippen LogP contribution in [0.1, 0.15) is 37.8 Å². The number of hydrogen-bond acceptors (Lipinski definition) is 5. The highest BCUT2D eigenvalue weighted by atomic mass is 15.2. The van der Waals surface area contributed by atoms with Gasteiger partial charge in [0.2, 0.25) is 5.95 Å². The summed E-state index contributed by atoms with van der Waals surface area (Å²) in [5, 5.41) is 3.55. The Morgan fingerprint density at radius 3 is 2.58 bits per heavy atom. The maximum atomic E-state index is 5.71. The van der Waals surface area contributed by atoms with Crippen LogP contribution < -0.4 is 11.1 Å². The summed E-state index contributed by atoms with van der Waals surface area (Å²) in [6, 6.07) is 3.94. The largest absolute Gasteiger partial charge is 0.368 e. The molecular formula is C14H23N5. The summed E-state index contributed by atoms with van der Waals surface area (Å²) in [7, 11) is 2.28. The fourth-order valence-electron chi connectivity index (χ4n) is 3.61. The number of nitrogens with zero attached hydrogens (tertiary/aromatic N) is 3. The maximum Gasteiger partial charge on any atom is 0.222 e. The van der Waals surface area contributed by atoms with Crippen molar-refractivity contribution in [1.29, 1.82) is 0 Å². The minimum absolute atomic E-state index is 0.357. The van der Waals surface area contributed by atoms with Gasteiger partial charge in [-0.2, -0.15) is 4.98 Å². The van der Waals surface area contributed by atoms with Crippen LogP contribution in [0, 0.1) is 6.92 Å². The molecule has 2 atom stereocenters. The smallest absolute Gasteiger partial charge is 0.222 e. The zero-order valence-corrected chi connectivity index (χ0v) is 11.8. The molecule has 104 valence electrons. The van der Waals surface area contributed by atoms with Gasteiger partial charge < -0.3 is 16.0 Å². The molecule has 2 aliphatic rings. The van der Waals surface area contributed by atoms with Crippen LogP contribution in [-0.4, -0.2) is 40.0 Å². The number of aryl methyl sites for hydroxylation is 1. The third kappa shape index (κ3) is 2.66. The molecule has 3 heterocycles. The lowest BCUT2D eigenvalue weighted by molar-refractivity contribution is 0.0608. The van der Waals surface area contributed by atoms with Crippen LogP contribution >= 0.6 is 0 Å². The summed E-state index contributed by atoms with van der Waals surface area (Å²) >= 11 is 0. The van der Waals surface area contributed by atoms with E-state index in [1.165, 1.54) is 32.1 Å². The fourth-order valence-corrected chi connectivity index (χ4v) is 3.61. The van der Waals surface area contributed by atoms with Gasteiger partial charge in [-0.05, 0) is 39.7 Å². The van der Waals surface area contributed by atoms with E-state index in [0.29, 0.717) is 12.0 Å². The van der Waals surface area contributed by atoms with Crippen LogP contribution in [0.3, 0.4) is 0 Å². The van der Waals surface area contributed by atoms with E-state index in [0.717, 1.165) is 23.6 Å². The van der Waals surface area contributed by atoms with Gasteiger partial charge in [-0.1, -0.05) is 6.42 Å². The molecule has 3 N–H and O–H groups in total. The molecular weight excluding hydrogens is 238 g/mol. The zero-order valence-electron chi connectivity index (χ0n) is 11.8. The van der Waals surface area contributed by atoms with E-state index >= 15 is 0 Å². The fraction of sp³-hybridized carbons (Fsp3) is 0.714. The molecule has 1 aromatic rings. The Balaban J connectivity index is 1.70. The molecule has 0 spiro atoms. The number of nitrogen functional groups attached to an aromatic ring is 1. The van der Waals surface area contributed by atoms with E-state index in [4.69, 9.17) is 5.73 Å². The van der Waals surface area contributed by atoms with Crippen molar-refractivity contribution >= 4 is 11.8 Å². The van der Waals surface area contributed by atoms with Gasteiger partial charge in [0, 0.05) is 29.9 Å². The molecule has 5 heteroatoms. The summed E-state index contributed by atoms with van der Waals surface area (Å²) in [6.45, 7) is 1.95. The number of nitrogens with one attached hydrogen (secondary N) is 1. The Labute approximate surface area is 114 Å². The van der Waals surface area contributed by atoms with Crippen molar-refractivity contribution in [2.75, 3.05) is 18.1 Å². The lowest BCUT2D eigenvalue weighted by Crippen LogP contribution is -2.52. The summed E-state index contributed by atoms with van der Waals surface area (Å²) in [6.07, 6.45) is 6.45. The Morgan fingerprint density at radius 1 is 1.26 bits per heavy atom. The first-order valence-electron chi connectivity index (χ1n) is 7.21. The van der Waals surface area contributed by atoms with Gasteiger partial charge >= 0.3 is 0 Å². The van der Waals surface area contributed by atoms with E-state index in [2.05, 4.69) is 27.2 Å². The SMILES string of the molecule is Cc1cc(NC2CC3CCCC(C2)N3C)nc(N)n1. The van der Waals surface area contributed by atoms with Crippen molar-refractivity contribution in [2.24, 2.45) is 0 Å². The molecule has 0 aromatic carbocycles. The highest BCUT2D eigenvalue weighted by Crippen LogP contribution is 2.33. The molecule has 5 nitrogen and oxygen atoms in total. The Kier molecular flexibility index (Phi) is 3.31. The molecule has 0 amide bonds. The number of aromatic nitrogens is 2. The highest BCUT2D eigenvalue weighted by Gasteiger charge is 2.35. The Morgan fingerprint density at radius 2 is 1.95 bits per heavy atom. The highest BCUT2D eigenvalue weighted by molar-refractivity contribution is 5.41. The molecule has 19 heavy (non-hydrogen) atoms. The third-order valence-corrected chi connectivity index (χ3v) is 4.56. The minimum atomic E-state index is 0.357. The van der Waals surface area contributed by atoms with Crippen molar-refractivity contribution < 1.29 is 0 Å². The zero-order chi connectivity index (χ0) is 13.4. The molecule has 2 saturated heterocycles. The lowest BCUT2D eigenvalue weighted by Gasteiger charge is -2.47. The molecule has 3 rings (SSSR count). The van der Waals surface area contributed by atoms with E-state index in [1.807, 2.05) is 13.0 Å². The van der Waals surface area contributed by atoms with Crippen molar-refractivity contribution in [2.45, 2.75) is 57.2 Å². The molecule has 0 radical (unpaired) electrons. The Bertz CT molecular complexity index is 427. The second-order valence-corrected chi connectivity index (χ2v) is 5.97. The Hall–Kier alpha value is -1.36. The van der Waals surface area contributed by atoms with Crippen LogP contribution in [-0.2, 0) is 0 Å². The van der Waals surface area contributed by atoms with Crippen LogP contribution in [0.4, 0.5) is 11.8 Å². The van der Waals surface area contributed by atoms with Gasteiger partial charge in [0.25, 0.3) is 0 Å². The first-order chi connectivity index (χ1) is 9.11. The average Bonchev–Trinajstić information content (AvgIpc) is 2.29. The van der Waals surface area contributed by atoms with Gasteiger partial charge in [0.1, 0.15) is 5.82 Å². The van der Waals surface area contributed by atoms with Crippen LogP contribution in [0.5, 0.6) is 0 Å². The predicted octanol–water partition coefficient (Wildman–Crippen LogP) is 1.79. The van der Waals surface area contributed by atoms with Crippen molar-refractivity contribution in [1.82, 2.24) is 14.9 Å². The minimum Gasteiger partial charge on any atom is -0.368 e. The van der Waals surface area contributed by atoms with Crippen molar-refractivity contribution in [3.63, 3.8) is 0 Å². The molecule has 0 aliphatic carbocycles. The molecule has 2 bridgehead atoms. The number of fused-ring (bicyclic) bond motifs is 2. The summed E-state index contributed by atoms with van der Waals surface area (Å²) in [4.78, 5) is 11.0. The molecule has 2 fully saturated rings. The van der Waals surface area contributed by atoms with Gasteiger partial charge in [0.05, 0.1) is 0 Å². The number of rotatable bonds is 2. The van der Waals surface area contributed by atoms with Gasteiger partial charge in [-0.25, -0.2) is 4.98 Å². The van der Waals surface area contributed by atoms with Crippen molar-refractivity contribution in [3.05, 3.63) is 11.8 Å². The van der Waals surface area contributed by atoms with E-state index in [1.54, 1.807) is 0 Å². The predicted molar refractivity (Wildman–Crippen MR) is 77.0 cm³/mol. The second kappa shape index (κ2) is 4.96. The van der Waals surface area contributed by atoms with E-state index in [-0.39, 0.29) is 0 Å². The van der Waals surface area contributed by atoms with Crippen LogP contribution in [0.15, 0.2) is 6.07 Å². The molecule has 2 aliphatic heterocycles. The second-order valence-electron chi connectivity index (χ2n) is 5.97. The topological polar surface area (TPSA) is 67.1 Å². The number of piperidine rings is 2. The van der Waals surface area contributed by atoms with Crippen molar-refractivity contribution in [3.8, 4) is 0 Å². The number of nitrogens with two attached hydrogens (primary N) is 1. The third-order valence-electron chi connectivity index (χ3n) is 4.56.